The molecule has 3 aromatic heterocycles. The average molecular weight is 501 g/mol. The number of aryl methyl sites for hydroxylation is 2. The van der Waals surface area contributed by atoms with Crippen LogP contribution in [0.3, 0.4) is 0 Å². The standard InChI is InChI=1S/C30H34N6O/c1-19-16-22(30(37)34(3)4)6-8-24(19)21-11-14-36(15-12-21)20(2)28-17-26-25(10-13-32-29(26)35(28)5)27-9-7-23(31)18-33-27/h6-11,13,16-18,20H,12,14-15,31H2,1-5H3/i3D3,4D3. The van der Waals surface area contributed by atoms with E-state index >= 15 is 0 Å². The third kappa shape index (κ3) is 4.62. The van der Waals surface area contributed by atoms with Crippen LogP contribution < -0.4 is 5.73 Å². The zero-order chi connectivity index (χ0) is 31.3. The van der Waals surface area contributed by atoms with Gasteiger partial charge >= 0.3 is 0 Å². The predicted octanol–water partition coefficient (Wildman–Crippen LogP) is 5.08. The van der Waals surface area contributed by atoms with Crippen LogP contribution in [0.5, 0.6) is 0 Å². The first kappa shape index (κ1) is 18.3. The summed E-state index contributed by atoms with van der Waals surface area (Å²) in [6.45, 7) is -0.635. The third-order valence-corrected chi connectivity index (χ3v) is 7.27. The van der Waals surface area contributed by atoms with Crippen LogP contribution in [0, 0.1) is 6.92 Å². The highest BCUT2D eigenvalue weighted by molar-refractivity contribution is 5.95. The van der Waals surface area contributed by atoms with Gasteiger partial charge in [-0.25, -0.2) is 4.98 Å². The molecule has 4 heterocycles. The number of nitrogens with zero attached hydrogens (tertiary/aromatic N) is 5. The van der Waals surface area contributed by atoms with Crippen LogP contribution in [0.25, 0.3) is 27.9 Å². The molecule has 7 heteroatoms. The first-order valence-corrected chi connectivity index (χ1v) is 12.2. The Balaban J connectivity index is 1.36. The molecule has 1 aromatic carbocycles. The smallest absolute Gasteiger partial charge is 0.253 e. The fourth-order valence-corrected chi connectivity index (χ4v) is 5.18. The monoisotopic (exact) mass is 500 g/mol. The highest BCUT2D eigenvalue weighted by Crippen LogP contribution is 2.34. The Morgan fingerprint density at radius 1 is 1.14 bits per heavy atom. The van der Waals surface area contributed by atoms with Crippen molar-refractivity contribution in [2.45, 2.75) is 26.3 Å². The van der Waals surface area contributed by atoms with Crippen molar-refractivity contribution in [1.82, 2.24) is 24.3 Å². The van der Waals surface area contributed by atoms with E-state index in [2.05, 4.69) is 38.5 Å². The summed E-state index contributed by atoms with van der Waals surface area (Å²) in [5.41, 5.74) is 13.2. The molecule has 190 valence electrons. The van der Waals surface area contributed by atoms with Crippen molar-refractivity contribution in [2.75, 3.05) is 32.8 Å². The van der Waals surface area contributed by atoms with Gasteiger partial charge in [0.25, 0.3) is 5.91 Å². The van der Waals surface area contributed by atoms with E-state index in [0.717, 1.165) is 57.7 Å². The Morgan fingerprint density at radius 2 is 1.97 bits per heavy atom. The highest BCUT2D eigenvalue weighted by Gasteiger charge is 2.24. The number of fused-ring (bicyclic) bond motifs is 1. The zero-order valence-electron chi connectivity index (χ0n) is 27.2. The molecular weight excluding hydrogens is 460 g/mol. The molecule has 0 bridgehead atoms. The average Bonchev–Trinajstić information content (AvgIpc) is 3.28. The molecule has 0 saturated heterocycles. The molecule has 1 atom stereocenters. The summed E-state index contributed by atoms with van der Waals surface area (Å²) in [5.74, 6) is -1.05. The number of nitrogens with two attached hydrogens (primary N) is 1. The number of hydrogen-bond donors (Lipinski definition) is 1. The fourth-order valence-electron chi connectivity index (χ4n) is 5.18. The first-order valence-electron chi connectivity index (χ1n) is 15.2. The van der Waals surface area contributed by atoms with Crippen molar-refractivity contribution in [2.24, 2.45) is 7.05 Å². The van der Waals surface area contributed by atoms with E-state index in [9.17, 15) is 4.79 Å². The molecule has 5 rings (SSSR count). The van der Waals surface area contributed by atoms with Crippen molar-refractivity contribution >= 4 is 28.2 Å². The molecule has 0 spiro atoms. The molecule has 37 heavy (non-hydrogen) atoms. The number of anilines is 1. The first-order chi connectivity index (χ1) is 20.2. The highest BCUT2D eigenvalue weighted by atomic mass is 16.2. The van der Waals surface area contributed by atoms with E-state index in [4.69, 9.17) is 14.0 Å². The molecule has 7 nitrogen and oxygen atoms in total. The Hall–Kier alpha value is -3.97. The summed E-state index contributed by atoms with van der Waals surface area (Å²) in [7, 11) is 2.03. The van der Waals surface area contributed by atoms with Crippen LogP contribution in [-0.4, -0.2) is 57.3 Å². The number of hydrogen-bond acceptors (Lipinski definition) is 5. The number of carbonyl (C=O) groups excluding carboxylic acids is 1. The van der Waals surface area contributed by atoms with Crippen LogP contribution in [0.2, 0.25) is 0 Å². The van der Waals surface area contributed by atoms with Gasteiger partial charge in [0.15, 0.2) is 0 Å². The Labute approximate surface area is 226 Å². The summed E-state index contributed by atoms with van der Waals surface area (Å²) in [6, 6.07) is 12.9. The minimum Gasteiger partial charge on any atom is -0.397 e. The van der Waals surface area contributed by atoms with Gasteiger partial charge in [-0.05, 0) is 73.4 Å². The topological polar surface area (TPSA) is 80.3 Å². The van der Waals surface area contributed by atoms with Crippen molar-refractivity contribution in [3.05, 3.63) is 83.3 Å². The van der Waals surface area contributed by atoms with E-state index in [1.54, 1.807) is 24.5 Å². The predicted molar refractivity (Wildman–Crippen MR) is 150 cm³/mol. The van der Waals surface area contributed by atoms with Crippen LogP contribution in [0.4, 0.5) is 5.69 Å². The molecular formula is C30H34N6O. The molecule has 0 saturated carbocycles. The van der Waals surface area contributed by atoms with Crippen molar-refractivity contribution in [1.29, 1.82) is 0 Å². The van der Waals surface area contributed by atoms with Gasteiger partial charge in [0.05, 0.1) is 17.6 Å². The summed E-state index contributed by atoms with van der Waals surface area (Å²) in [4.78, 5) is 24.4. The normalized spacial score (nSPS) is 18.1. The Bertz CT molecular complexity index is 1690. The molecule has 1 unspecified atom stereocenters. The van der Waals surface area contributed by atoms with Gasteiger partial charge in [-0.15, -0.1) is 0 Å². The minimum absolute atomic E-state index is 0.00860. The Morgan fingerprint density at radius 3 is 2.65 bits per heavy atom. The number of nitrogen functional groups attached to an aromatic ring is 1. The van der Waals surface area contributed by atoms with Gasteiger partial charge in [-0.3, -0.25) is 14.7 Å². The number of benzene rings is 1. The molecule has 1 aliphatic heterocycles. The van der Waals surface area contributed by atoms with E-state index in [0.29, 0.717) is 12.2 Å². The summed E-state index contributed by atoms with van der Waals surface area (Å²) in [5, 5.41) is 1.03. The maximum absolute atomic E-state index is 12.9. The van der Waals surface area contributed by atoms with E-state index in [1.807, 2.05) is 32.2 Å². The molecule has 4 aromatic rings. The number of carbonyl (C=O) groups is 1. The summed E-state index contributed by atoms with van der Waals surface area (Å²) in [6.07, 6.45) is 6.40. The molecule has 1 amide bonds. The zero-order valence-corrected chi connectivity index (χ0v) is 21.2. The molecule has 0 radical (unpaired) electrons. The number of aromatic nitrogens is 3. The van der Waals surface area contributed by atoms with Gasteiger partial charge < -0.3 is 15.2 Å². The van der Waals surface area contributed by atoms with Crippen molar-refractivity contribution in [3.63, 3.8) is 0 Å². The molecule has 0 aliphatic carbocycles. The number of rotatable bonds is 5. The van der Waals surface area contributed by atoms with Crippen molar-refractivity contribution in [3.8, 4) is 11.3 Å². The molecule has 1 aliphatic rings. The van der Waals surface area contributed by atoms with Gasteiger partial charge in [-0.1, -0.05) is 12.1 Å². The van der Waals surface area contributed by atoms with Crippen LogP contribution >= 0.6 is 0 Å². The van der Waals surface area contributed by atoms with Crippen LogP contribution in [0.15, 0.2) is 60.9 Å². The second kappa shape index (κ2) is 9.82. The second-order valence-corrected chi connectivity index (χ2v) is 9.52. The van der Waals surface area contributed by atoms with Crippen LogP contribution in [-0.2, 0) is 7.05 Å². The SMILES string of the molecule is [2H]C([2H])([2H])N(C(=O)c1ccc(C2=CCN(C(C)c3cc4c(-c5ccc(N)cn5)ccnc4n3C)CC2)c(C)c1)C([2H])([2H])[2H]. The fraction of sp³-hybridized carbons (Fsp3) is 0.300. The van der Waals surface area contributed by atoms with Crippen LogP contribution in [0.1, 0.15) is 54.8 Å². The third-order valence-electron chi connectivity index (χ3n) is 7.27. The lowest BCUT2D eigenvalue weighted by atomic mass is 9.93. The lowest BCUT2D eigenvalue weighted by Gasteiger charge is -2.32. The minimum atomic E-state index is -3.09. The molecule has 2 N–H and O–H groups in total. The van der Waals surface area contributed by atoms with E-state index in [1.165, 1.54) is 6.07 Å². The quantitative estimate of drug-likeness (QED) is 0.413. The second-order valence-electron chi connectivity index (χ2n) is 9.52. The summed E-state index contributed by atoms with van der Waals surface area (Å²) < 4.78 is 47.4. The van der Waals surface area contributed by atoms with Gasteiger partial charge in [-0.2, -0.15) is 0 Å². The largest absolute Gasteiger partial charge is 0.397 e. The summed E-state index contributed by atoms with van der Waals surface area (Å²) >= 11 is 0. The van der Waals surface area contributed by atoms with Gasteiger partial charge in [0.1, 0.15) is 5.65 Å². The number of pyridine rings is 2. The number of amides is 1. The lowest BCUT2D eigenvalue weighted by Crippen LogP contribution is -2.32. The van der Waals surface area contributed by atoms with Gasteiger partial charge in [0.2, 0.25) is 0 Å². The van der Waals surface area contributed by atoms with Gasteiger partial charge in [0, 0.05) is 76.8 Å². The van der Waals surface area contributed by atoms with Crippen molar-refractivity contribution < 1.29 is 13.0 Å². The van der Waals surface area contributed by atoms with E-state index < -0.39 is 19.9 Å². The maximum atomic E-state index is 12.9. The Kier molecular flexibility index (Phi) is 4.86. The lowest BCUT2D eigenvalue weighted by molar-refractivity contribution is 0.0827. The molecule has 0 fully saturated rings. The maximum Gasteiger partial charge on any atom is 0.253 e. The van der Waals surface area contributed by atoms with E-state index in [-0.39, 0.29) is 16.5 Å².